The summed E-state index contributed by atoms with van der Waals surface area (Å²) < 4.78 is 4.78. The van der Waals surface area contributed by atoms with Crippen molar-refractivity contribution in [1.82, 2.24) is 15.8 Å². The number of hydrogen-bond donors (Lipinski definition) is 3. The molecule has 0 bridgehead atoms. The van der Waals surface area contributed by atoms with E-state index >= 15 is 0 Å². The van der Waals surface area contributed by atoms with Crippen LogP contribution >= 0.6 is 0 Å². The average Bonchev–Trinajstić information content (AvgIpc) is 2.78. The Morgan fingerprint density at radius 1 is 1.59 bits per heavy atom. The van der Waals surface area contributed by atoms with Gasteiger partial charge in [0, 0.05) is 6.07 Å². The lowest BCUT2D eigenvalue weighted by atomic mass is 10.2. The van der Waals surface area contributed by atoms with E-state index < -0.39 is 18.0 Å². The number of carbonyl (C=O) groups excluding carboxylic acids is 1. The highest BCUT2D eigenvalue weighted by Crippen LogP contribution is 1.98. The van der Waals surface area contributed by atoms with E-state index in [-0.39, 0.29) is 6.54 Å². The predicted octanol–water partition coefficient (Wildman–Crippen LogP) is 0.727. The van der Waals surface area contributed by atoms with Gasteiger partial charge in [-0.25, -0.2) is 9.59 Å². The third-order valence-corrected chi connectivity index (χ3v) is 2.10. The van der Waals surface area contributed by atoms with Gasteiger partial charge < -0.3 is 20.3 Å². The van der Waals surface area contributed by atoms with Gasteiger partial charge in [-0.05, 0) is 6.42 Å². The number of rotatable bonds is 6. The van der Waals surface area contributed by atoms with E-state index in [2.05, 4.69) is 15.8 Å². The van der Waals surface area contributed by atoms with Crippen molar-refractivity contribution in [2.24, 2.45) is 0 Å². The first-order valence-electron chi connectivity index (χ1n) is 5.30. The van der Waals surface area contributed by atoms with Crippen molar-refractivity contribution < 1.29 is 19.2 Å². The number of hydrogen-bond acceptors (Lipinski definition) is 4. The Bertz CT molecular complexity index is 364. The summed E-state index contributed by atoms with van der Waals surface area (Å²) in [7, 11) is 0. The summed E-state index contributed by atoms with van der Waals surface area (Å²) in [4.78, 5) is 22.2. The van der Waals surface area contributed by atoms with E-state index in [0.29, 0.717) is 18.6 Å². The molecule has 1 rings (SSSR count). The van der Waals surface area contributed by atoms with Crippen molar-refractivity contribution in [3.8, 4) is 0 Å². The third kappa shape index (κ3) is 4.54. The zero-order valence-electron chi connectivity index (χ0n) is 9.47. The number of carboxylic acids is 1. The largest absolute Gasteiger partial charge is 0.480 e. The molecule has 0 saturated heterocycles. The Hall–Kier alpha value is -2.05. The van der Waals surface area contributed by atoms with Gasteiger partial charge in [-0.15, -0.1) is 0 Å². The van der Waals surface area contributed by atoms with Gasteiger partial charge in [0.2, 0.25) is 0 Å². The summed E-state index contributed by atoms with van der Waals surface area (Å²) in [5.41, 5.74) is 0. The van der Waals surface area contributed by atoms with Gasteiger partial charge in [-0.2, -0.15) is 0 Å². The fourth-order valence-corrected chi connectivity index (χ4v) is 1.26. The second-order valence-corrected chi connectivity index (χ2v) is 3.49. The Kier molecular flexibility index (Phi) is 4.99. The molecule has 7 heteroatoms. The first-order valence-corrected chi connectivity index (χ1v) is 5.30. The van der Waals surface area contributed by atoms with Gasteiger partial charge in [0.25, 0.3) is 0 Å². The molecule has 0 aliphatic heterocycles. The first kappa shape index (κ1) is 13.0. The molecule has 1 heterocycles. The molecule has 2 amide bonds. The number of amides is 2. The van der Waals surface area contributed by atoms with Crippen LogP contribution in [0.5, 0.6) is 0 Å². The number of urea groups is 1. The van der Waals surface area contributed by atoms with Gasteiger partial charge in [-0.3, -0.25) is 0 Å². The molecule has 0 saturated carbocycles. The van der Waals surface area contributed by atoms with Gasteiger partial charge >= 0.3 is 12.0 Å². The van der Waals surface area contributed by atoms with Crippen molar-refractivity contribution in [3.05, 3.63) is 18.0 Å². The van der Waals surface area contributed by atoms with Crippen LogP contribution in [0.15, 0.2) is 16.8 Å². The molecule has 0 aliphatic rings. The van der Waals surface area contributed by atoms with Crippen LogP contribution in [-0.4, -0.2) is 28.3 Å². The topological polar surface area (TPSA) is 104 Å². The molecular weight excluding hydrogens is 226 g/mol. The Morgan fingerprint density at radius 3 is 2.88 bits per heavy atom. The highest BCUT2D eigenvalue weighted by Gasteiger charge is 2.18. The number of aromatic nitrogens is 1. The van der Waals surface area contributed by atoms with Crippen LogP contribution in [0.25, 0.3) is 0 Å². The molecule has 0 aromatic carbocycles. The second kappa shape index (κ2) is 6.51. The molecule has 0 aliphatic carbocycles. The van der Waals surface area contributed by atoms with E-state index in [4.69, 9.17) is 9.63 Å². The van der Waals surface area contributed by atoms with Crippen molar-refractivity contribution in [1.29, 1.82) is 0 Å². The summed E-state index contributed by atoms with van der Waals surface area (Å²) in [5, 5.41) is 17.2. The summed E-state index contributed by atoms with van der Waals surface area (Å²) in [6.07, 6.45) is 2.54. The van der Waals surface area contributed by atoms with E-state index in [1.54, 1.807) is 6.07 Å². The maximum atomic E-state index is 11.4. The highest BCUT2D eigenvalue weighted by atomic mass is 16.5. The smallest absolute Gasteiger partial charge is 0.326 e. The van der Waals surface area contributed by atoms with Crippen LogP contribution < -0.4 is 10.6 Å². The third-order valence-electron chi connectivity index (χ3n) is 2.10. The molecule has 0 spiro atoms. The average molecular weight is 241 g/mol. The van der Waals surface area contributed by atoms with E-state index in [1.165, 1.54) is 6.20 Å². The number of nitrogens with zero attached hydrogens (tertiary/aromatic N) is 1. The number of nitrogens with one attached hydrogen (secondary N) is 2. The predicted molar refractivity (Wildman–Crippen MR) is 58.2 cm³/mol. The molecule has 0 fully saturated rings. The van der Waals surface area contributed by atoms with Crippen molar-refractivity contribution in [2.45, 2.75) is 32.4 Å². The highest BCUT2D eigenvalue weighted by molar-refractivity contribution is 5.82. The van der Waals surface area contributed by atoms with Crippen LogP contribution in [0.3, 0.4) is 0 Å². The quantitative estimate of drug-likeness (QED) is 0.681. The maximum absolute atomic E-state index is 11.4. The van der Waals surface area contributed by atoms with Crippen LogP contribution in [0.1, 0.15) is 25.5 Å². The normalized spacial score (nSPS) is 11.8. The molecule has 0 unspecified atom stereocenters. The van der Waals surface area contributed by atoms with Gasteiger partial charge in [-0.1, -0.05) is 18.5 Å². The SMILES string of the molecule is CCC[C@H](NC(=O)NCc1ccno1)C(=O)O. The second-order valence-electron chi connectivity index (χ2n) is 3.49. The van der Waals surface area contributed by atoms with Crippen LogP contribution in [0.4, 0.5) is 4.79 Å². The minimum atomic E-state index is -1.04. The molecule has 1 aromatic heterocycles. The molecule has 17 heavy (non-hydrogen) atoms. The molecule has 3 N–H and O–H groups in total. The fraction of sp³-hybridized carbons (Fsp3) is 0.500. The molecule has 94 valence electrons. The van der Waals surface area contributed by atoms with Crippen molar-refractivity contribution in [2.75, 3.05) is 0 Å². The van der Waals surface area contributed by atoms with Crippen molar-refractivity contribution in [3.63, 3.8) is 0 Å². The van der Waals surface area contributed by atoms with Gasteiger partial charge in [0.15, 0.2) is 5.76 Å². The summed E-state index contributed by atoms with van der Waals surface area (Å²) >= 11 is 0. The minimum absolute atomic E-state index is 0.171. The van der Waals surface area contributed by atoms with E-state index in [0.717, 1.165) is 0 Å². The Labute approximate surface area is 98.2 Å². The van der Waals surface area contributed by atoms with Crippen LogP contribution in [-0.2, 0) is 11.3 Å². The van der Waals surface area contributed by atoms with Crippen molar-refractivity contribution >= 4 is 12.0 Å². The fourth-order valence-electron chi connectivity index (χ4n) is 1.26. The molecule has 1 atom stereocenters. The number of aliphatic carboxylic acids is 1. The zero-order valence-corrected chi connectivity index (χ0v) is 9.47. The lowest BCUT2D eigenvalue weighted by Crippen LogP contribution is -2.45. The zero-order chi connectivity index (χ0) is 12.7. The lowest BCUT2D eigenvalue weighted by Gasteiger charge is -2.13. The standard InChI is InChI=1S/C10H15N3O4/c1-2-3-8(9(14)15)13-10(16)11-6-7-4-5-12-17-7/h4-5,8H,2-3,6H2,1H3,(H,14,15)(H2,11,13,16)/t8-/m0/s1. The summed E-state index contributed by atoms with van der Waals surface area (Å²) in [6, 6.07) is 0.207. The minimum Gasteiger partial charge on any atom is -0.480 e. The van der Waals surface area contributed by atoms with Gasteiger partial charge in [0.05, 0.1) is 12.7 Å². The summed E-state index contributed by atoms with van der Waals surface area (Å²) in [5.74, 6) is -0.538. The Morgan fingerprint density at radius 2 is 2.35 bits per heavy atom. The van der Waals surface area contributed by atoms with E-state index in [9.17, 15) is 9.59 Å². The maximum Gasteiger partial charge on any atom is 0.326 e. The van der Waals surface area contributed by atoms with Crippen LogP contribution in [0, 0.1) is 0 Å². The van der Waals surface area contributed by atoms with E-state index in [1.807, 2.05) is 6.92 Å². The molecule has 1 aromatic rings. The number of carboxylic acid groups (broad SMARTS) is 1. The lowest BCUT2D eigenvalue weighted by molar-refractivity contribution is -0.139. The number of carbonyl (C=O) groups is 2. The monoisotopic (exact) mass is 241 g/mol. The molecule has 0 radical (unpaired) electrons. The Balaban J connectivity index is 2.34. The molecule has 7 nitrogen and oxygen atoms in total. The first-order chi connectivity index (χ1) is 8.13. The molecular formula is C10H15N3O4. The van der Waals surface area contributed by atoms with Crippen LogP contribution in [0.2, 0.25) is 0 Å². The van der Waals surface area contributed by atoms with Gasteiger partial charge in [0.1, 0.15) is 6.04 Å². The summed E-state index contributed by atoms with van der Waals surface area (Å²) in [6.45, 7) is 2.02.